The summed E-state index contributed by atoms with van der Waals surface area (Å²) in [6, 6.07) is 5.94. The van der Waals surface area contributed by atoms with Crippen LogP contribution in [0, 0.1) is 10.1 Å². The van der Waals surface area contributed by atoms with Crippen LogP contribution < -0.4 is 9.61 Å². The second-order valence-electron chi connectivity index (χ2n) is 5.04. The van der Waals surface area contributed by atoms with Crippen molar-refractivity contribution >= 4 is 13.4 Å². The zero-order valence-corrected chi connectivity index (χ0v) is 11.8. The molecule has 0 aromatic heterocycles. The monoisotopic (exact) mass is 297 g/mol. The van der Waals surface area contributed by atoms with Crippen molar-refractivity contribution in [3.05, 3.63) is 34.4 Å². The van der Waals surface area contributed by atoms with E-state index in [9.17, 15) is 14.7 Å². The average molecular weight is 297 g/mol. The molecule has 2 aliphatic rings. The molecule has 2 unspecified atom stereocenters. The van der Waals surface area contributed by atoms with Gasteiger partial charge in [0.1, 0.15) is 5.75 Å². The van der Waals surface area contributed by atoms with Crippen molar-refractivity contribution in [1.29, 1.82) is 0 Å². The van der Waals surface area contributed by atoms with Crippen molar-refractivity contribution in [2.75, 3.05) is 13.1 Å². The molecule has 20 heavy (non-hydrogen) atoms. The third-order valence-electron chi connectivity index (χ3n) is 3.74. The third-order valence-corrected chi connectivity index (χ3v) is 5.98. The summed E-state index contributed by atoms with van der Waals surface area (Å²) in [6.45, 7) is 1.44. The Morgan fingerprint density at radius 3 is 2.80 bits per heavy atom. The number of nitro benzene ring substituents is 1. The second-order valence-corrected chi connectivity index (χ2v) is 7.09. The number of benzene rings is 1. The van der Waals surface area contributed by atoms with Gasteiger partial charge in [0.15, 0.2) is 0 Å². The first kappa shape index (κ1) is 13.5. The third kappa shape index (κ3) is 2.44. The van der Waals surface area contributed by atoms with Crippen LogP contribution in [-0.4, -0.2) is 28.7 Å². The first-order valence-electron chi connectivity index (χ1n) is 6.65. The number of non-ortho nitro benzene ring substituents is 1. The van der Waals surface area contributed by atoms with Gasteiger partial charge in [-0.05, 0) is 25.0 Å². The van der Waals surface area contributed by atoms with E-state index >= 15 is 0 Å². The van der Waals surface area contributed by atoms with E-state index < -0.39 is 12.6 Å². The van der Waals surface area contributed by atoms with Crippen molar-refractivity contribution in [3.63, 3.8) is 0 Å². The molecule has 2 fully saturated rings. The SMILES string of the molecule is O=[N+]([O-])c1ccc(OP2(=O)NCC3CCCCN32)cc1. The molecule has 1 aromatic rings. The molecule has 0 amide bonds. The van der Waals surface area contributed by atoms with E-state index in [0.717, 1.165) is 25.8 Å². The molecule has 7 nitrogen and oxygen atoms in total. The van der Waals surface area contributed by atoms with E-state index in [2.05, 4.69) is 5.09 Å². The van der Waals surface area contributed by atoms with E-state index in [0.29, 0.717) is 12.3 Å². The average Bonchev–Trinajstić information content (AvgIpc) is 2.78. The molecule has 1 N–H and O–H groups in total. The molecule has 2 heterocycles. The van der Waals surface area contributed by atoms with Crippen LogP contribution in [0.1, 0.15) is 19.3 Å². The van der Waals surface area contributed by atoms with Crippen LogP contribution in [0.2, 0.25) is 0 Å². The van der Waals surface area contributed by atoms with Crippen molar-refractivity contribution < 1.29 is 14.0 Å². The number of nitro groups is 1. The summed E-state index contributed by atoms with van der Waals surface area (Å²) < 4.78 is 20.4. The number of nitrogens with one attached hydrogen (secondary N) is 1. The number of piperidine rings is 1. The van der Waals surface area contributed by atoms with Crippen LogP contribution in [0.15, 0.2) is 24.3 Å². The summed E-state index contributed by atoms with van der Waals surface area (Å²) in [4.78, 5) is 10.1. The molecule has 1 aromatic carbocycles. The molecule has 2 aliphatic heterocycles. The molecular formula is C12H16N3O4P. The van der Waals surface area contributed by atoms with Crippen molar-refractivity contribution in [2.24, 2.45) is 0 Å². The predicted octanol–water partition coefficient (Wildman–Crippen LogP) is 2.54. The van der Waals surface area contributed by atoms with Gasteiger partial charge in [-0.3, -0.25) is 10.1 Å². The standard InChI is InChI=1S/C12H16N3O4P/c16-15(17)10-4-6-12(7-5-10)19-20(18)13-9-11-3-1-2-8-14(11)20/h4-7,11H,1-3,8-9H2,(H,13,18). The fourth-order valence-electron chi connectivity index (χ4n) is 2.71. The van der Waals surface area contributed by atoms with E-state index in [4.69, 9.17) is 4.52 Å². The summed E-state index contributed by atoms with van der Waals surface area (Å²) in [5.74, 6) is 0.387. The van der Waals surface area contributed by atoms with Crippen LogP contribution in [0.25, 0.3) is 0 Å². The fraction of sp³-hybridized carbons (Fsp3) is 0.500. The van der Waals surface area contributed by atoms with Gasteiger partial charge >= 0.3 is 7.67 Å². The highest BCUT2D eigenvalue weighted by Gasteiger charge is 2.45. The summed E-state index contributed by atoms with van der Waals surface area (Å²) in [5.41, 5.74) is -0.00846. The number of hydrogen-bond acceptors (Lipinski definition) is 4. The molecule has 3 rings (SSSR count). The molecule has 0 saturated carbocycles. The highest BCUT2D eigenvalue weighted by atomic mass is 31.2. The van der Waals surface area contributed by atoms with Gasteiger partial charge in [0.2, 0.25) is 0 Å². The normalized spacial score (nSPS) is 29.9. The highest BCUT2D eigenvalue weighted by Crippen LogP contribution is 2.53. The van der Waals surface area contributed by atoms with Gasteiger partial charge in [0.05, 0.1) is 4.92 Å². The topological polar surface area (TPSA) is 84.7 Å². The van der Waals surface area contributed by atoms with Crippen LogP contribution >= 0.6 is 7.67 Å². The van der Waals surface area contributed by atoms with Gasteiger partial charge in [-0.1, -0.05) is 6.42 Å². The first-order chi connectivity index (χ1) is 9.58. The summed E-state index contributed by atoms with van der Waals surface area (Å²) in [7, 11) is -3.05. The molecule has 0 spiro atoms. The maximum absolute atomic E-state index is 12.8. The highest BCUT2D eigenvalue weighted by molar-refractivity contribution is 7.55. The molecule has 2 atom stereocenters. The Hall–Kier alpha value is -1.43. The van der Waals surface area contributed by atoms with Crippen molar-refractivity contribution in [2.45, 2.75) is 25.3 Å². The molecule has 108 valence electrons. The van der Waals surface area contributed by atoms with Crippen LogP contribution in [0.5, 0.6) is 5.75 Å². The number of fused-ring (bicyclic) bond motifs is 1. The van der Waals surface area contributed by atoms with Gasteiger partial charge in [-0.15, -0.1) is 0 Å². The van der Waals surface area contributed by atoms with Gasteiger partial charge in [-0.2, -0.15) is 0 Å². The molecule has 0 aliphatic carbocycles. The first-order valence-corrected chi connectivity index (χ1v) is 8.22. The Morgan fingerprint density at radius 2 is 2.10 bits per heavy atom. The minimum atomic E-state index is -3.05. The van der Waals surface area contributed by atoms with Crippen LogP contribution in [0.3, 0.4) is 0 Å². The Morgan fingerprint density at radius 1 is 1.35 bits per heavy atom. The fourth-order valence-corrected chi connectivity index (χ4v) is 4.94. The van der Waals surface area contributed by atoms with Gasteiger partial charge in [0, 0.05) is 31.3 Å². The van der Waals surface area contributed by atoms with Crippen LogP contribution in [0.4, 0.5) is 5.69 Å². The Bertz CT molecular complexity index is 562. The largest absolute Gasteiger partial charge is 0.422 e. The lowest BCUT2D eigenvalue weighted by atomic mass is 10.1. The van der Waals surface area contributed by atoms with E-state index in [-0.39, 0.29) is 11.7 Å². The lowest BCUT2D eigenvalue weighted by molar-refractivity contribution is -0.384. The van der Waals surface area contributed by atoms with E-state index in [1.807, 2.05) is 4.67 Å². The lowest BCUT2D eigenvalue weighted by Gasteiger charge is -2.31. The van der Waals surface area contributed by atoms with Gasteiger partial charge < -0.3 is 4.52 Å². The number of nitrogens with zero attached hydrogens (tertiary/aromatic N) is 2. The molecule has 0 bridgehead atoms. The number of rotatable bonds is 3. The van der Waals surface area contributed by atoms with Crippen molar-refractivity contribution in [3.8, 4) is 5.75 Å². The lowest BCUT2D eigenvalue weighted by Crippen LogP contribution is -2.34. The molecular weight excluding hydrogens is 281 g/mol. The Labute approximate surface area is 116 Å². The second kappa shape index (κ2) is 5.16. The van der Waals surface area contributed by atoms with E-state index in [1.165, 1.54) is 24.3 Å². The zero-order chi connectivity index (χ0) is 14.2. The number of hydrogen-bond donors (Lipinski definition) is 1. The van der Waals surface area contributed by atoms with Crippen molar-refractivity contribution in [1.82, 2.24) is 9.76 Å². The Balaban J connectivity index is 1.76. The Kier molecular flexibility index (Phi) is 3.50. The zero-order valence-electron chi connectivity index (χ0n) is 10.9. The van der Waals surface area contributed by atoms with Gasteiger partial charge in [-0.25, -0.2) is 14.3 Å². The smallest absolute Gasteiger partial charge is 0.393 e. The molecule has 0 radical (unpaired) electrons. The van der Waals surface area contributed by atoms with Crippen LogP contribution in [-0.2, 0) is 4.57 Å². The summed E-state index contributed by atoms with van der Waals surface area (Å²) in [5, 5.41) is 13.6. The molecule has 2 saturated heterocycles. The minimum absolute atomic E-state index is 0.00846. The predicted molar refractivity (Wildman–Crippen MR) is 73.7 cm³/mol. The maximum Gasteiger partial charge on any atom is 0.393 e. The summed E-state index contributed by atoms with van der Waals surface area (Å²) >= 11 is 0. The summed E-state index contributed by atoms with van der Waals surface area (Å²) in [6.07, 6.45) is 3.20. The minimum Gasteiger partial charge on any atom is -0.422 e. The van der Waals surface area contributed by atoms with Gasteiger partial charge in [0.25, 0.3) is 5.69 Å². The van der Waals surface area contributed by atoms with E-state index in [1.54, 1.807) is 0 Å². The molecule has 8 heteroatoms. The maximum atomic E-state index is 12.8. The quantitative estimate of drug-likeness (QED) is 0.524.